The molecule has 1 amide bonds. The Morgan fingerprint density at radius 2 is 1.93 bits per heavy atom. The van der Waals surface area contributed by atoms with Crippen LogP contribution in [0.4, 0.5) is 5.69 Å². The number of para-hydroxylation sites is 1. The van der Waals surface area contributed by atoms with Crippen molar-refractivity contribution in [2.24, 2.45) is 0 Å². The molecule has 30 heavy (non-hydrogen) atoms. The van der Waals surface area contributed by atoms with Crippen molar-refractivity contribution in [3.63, 3.8) is 0 Å². The third-order valence-electron chi connectivity index (χ3n) is 4.78. The van der Waals surface area contributed by atoms with Gasteiger partial charge in [0, 0.05) is 12.1 Å². The molecule has 0 aliphatic carbocycles. The highest BCUT2D eigenvalue weighted by Crippen LogP contribution is 2.28. The van der Waals surface area contributed by atoms with Crippen LogP contribution in [0.25, 0.3) is 0 Å². The topological polar surface area (TPSA) is 95.1 Å². The number of anilines is 1. The second-order valence-electron chi connectivity index (χ2n) is 7.32. The maximum atomic E-state index is 12.5. The Morgan fingerprint density at radius 1 is 1.20 bits per heavy atom. The first-order chi connectivity index (χ1) is 14.4. The SMILES string of the molecule is COc1ccc(Cc2nnc(SCC(=O)Nc3c(C)cccc3C(C)C)n2N)cc1. The molecule has 0 unspecified atom stereocenters. The number of amides is 1. The van der Waals surface area contributed by atoms with E-state index in [0.29, 0.717) is 23.3 Å². The molecule has 3 N–H and O–H groups in total. The molecule has 1 heterocycles. The number of benzene rings is 2. The molecule has 0 atom stereocenters. The lowest BCUT2D eigenvalue weighted by Gasteiger charge is -2.16. The van der Waals surface area contributed by atoms with Crippen LogP contribution >= 0.6 is 11.8 Å². The fourth-order valence-electron chi connectivity index (χ4n) is 3.10. The molecule has 0 spiro atoms. The zero-order chi connectivity index (χ0) is 21.7. The number of nitrogen functional groups attached to an aromatic ring is 1. The van der Waals surface area contributed by atoms with Crippen molar-refractivity contribution in [1.29, 1.82) is 0 Å². The highest BCUT2D eigenvalue weighted by atomic mass is 32.2. The van der Waals surface area contributed by atoms with E-state index in [4.69, 9.17) is 10.6 Å². The normalized spacial score (nSPS) is 11.0. The Morgan fingerprint density at radius 3 is 2.60 bits per heavy atom. The fourth-order valence-corrected chi connectivity index (χ4v) is 3.78. The van der Waals surface area contributed by atoms with Crippen LogP contribution < -0.4 is 15.9 Å². The average Bonchev–Trinajstić information content (AvgIpc) is 3.07. The van der Waals surface area contributed by atoms with E-state index in [1.165, 1.54) is 16.4 Å². The van der Waals surface area contributed by atoms with Crippen LogP contribution in [0.2, 0.25) is 0 Å². The Bertz CT molecular complexity index is 1010. The molecule has 2 aromatic carbocycles. The second-order valence-corrected chi connectivity index (χ2v) is 8.27. The van der Waals surface area contributed by atoms with Crippen molar-refractivity contribution in [3.05, 3.63) is 65.0 Å². The number of thioether (sulfide) groups is 1. The summed E-state index contributed by atoms with van der Waals surface area (Å²) in [5.41, 5.74) is 4.10. The molecule has 0 saturated carbocycles. The van der Waals surface area contributed by atoms with E-state index in [2.05, 4.69) is 29.4 Å². The third kappa shape index (κ3) is 5.13. The van der Waals surface area contributed by atoms with Crippen LogP contribution in [0.1, 0.15) is 42.3 Å². The summed E-state index contributed by atoms with van der Waals surface area (Å²) >= 11 is 1.26. The first kappa shape index (κ1) is 21.7. The largest absolute Gasteiger partial charge is 0.497 e. The van der Waals surface area contributed by atoms with Gasteiger partial charge in [-0.25, -0.2) is 4.68 Å². The van der Waals surface area contributed by atoms with Gasteiger partial charge in [0.2, 0.25) is 11.1 Å². The van der Waals surface area contributed by atoms with E-state index in [1.54, 1.807) is 7.11 Å². The van der Waals surface area contributed by atoms with Crippen molar-refractivity contribution in [2.75, 3.05) is 24.0 Å². The van der Waals surface area contributed by atoms with E-state index in [9.17, 15) is 4.79 Å². The van der Waals surface area contributed by atoms with Gasteiger partial charge in [-0.2, -0.15) is 0 Å². The van der Waals surface area contributed by atoms with Gasteiger partial charge in [0.1, 0.15) is 5.75 Å². The van der Waals surface area contributed by atoms with Gasteiger partial charge in [0.05, 0.1) is 12.9 Å². The minimum atomic E-state index is -0.101. The van der Waals surface area contributed by atoms with Gasteiger partial charge >= 0.3 is 0 Å². The predicted molar refractivity (Wildman–Crippen MR) is 121 cm³/mol. The predicted octanol–water partition coefficient (Wildman–Crippen LogP) is 3.75. The Hall–Kier alpha value is -3.00. The van der Waals surface area contributed by atoms with Gasteiger partial charge < -0.3 is 15.9 Å². The van der Waals surface area contributed by atoms with Crippen LogP contribution in [0.5, 0.6) is 5.75 Å². The summed E-state index contributed by atoms with van der Waals surface area (Å²) in [4.78, 5) is 12.5. The van der Waals surface area contributed by atoms with Crippen molar-refractivity contribution in [3.8, 4) is 5.75 Å². The molecule has 8 heteroatoms. The minimum Gasteiger partial charge on any atom is -0.497 e. The van der Waals surface area contributed by atoms with E-state index >= 15 is 0 Å². The minimum absolute atomic E-state index is 0.101. The molecular formula is C22H27N5O2S. The number of methoxy groups -OCH3 is 1. The summed E-state index contributed by atoms with van der Waals surface area (Å²) in [5.74, 6) is 7.99. The Kier molecular flexibility index (Phi) is 6.99. The number of aryl methyl sites for hydroxylation is 1. The molecule has 3 rings (SSSR count). The number of rotatable bonds is 8. The smallest absolute Gasteiger partial charge is 0.234 e. The summed E-state index contributed by atoms with van der Waals surface area (Å²) in [5, 5.41) is 11.8. The lowest BCUT2D eigenvalue weighted by atomic mass is 9.98. The molecule has 0 saturated heterocycles. The third-order valence-corrected chi connectivity index (χ3v) is 5.72. The van der Waals surface area contributed by atoms with Crippen LogP contribution in [-0.4, -0.2) is 33.6 Å². The molecule has 0 radical (unpaired) electrons. The standard InChI is InChI=1S/C22H27N5O2S/c1-14(2)18-7-5-6-15(3)21(18)24-20(28)13-30-22-26-25-19(27(22)23)12-16-8-10-17(29-4)11-9-16/h5-11,14H,12-13,23H2,1-4H3,(H,24,28). The average molecular weight is 426 g/mol. The summed E-state index contributed by atoms with van der Waals surface area (Å²) in [6.07, 6.45) is 0.543. The number of carbonyl (C=O) groups is 1. The highest BCUT2D eigenvalue weighted by molar-refractivity contribution is 7.99. The lowest BCUT2D eigenvalue weighted by Crippen LogP contribution is -2.18. The number of nitrogens with two attached hydrogens (primary N) is 1. The summed E-state index contributed by atoms with van der Waals surface area (Å²) in [7, 11) is 1.63. The lowest BCUT2D eigenvalue weighted by molar-refractivity contribution is -0.113. The molecule has 1 aromatic heterocycles. The van der Waals surface area contributed by atoms with E-state index in [1.807, 2.05) is 49.4 Å². The quantitative estimate of drug-likeness (QED) is 0.422. The summed E-state index contributed by atoms with van der Waals surface area (Å²) < 4.78 is 6.61. The molecule has 7 nitrogen and oxygen atoms in total. The van der Waals surface area contributed by atoms with Crippen LogP contribution in [-0.2, 0) is 11.2 Å². The first-order valence-electron chi connectivity index (χ1n) is 9.73. The van der Waals surface area contributed by atoms with Crippen LogP contribution in [0, 0.1) is 6.92 Å². The van der Waals surface area contributed by atoms with Gasteiger partial charge in [-0.15, -0.1) is 10.2 Å². The molecule has 0 aliphatic heterocycles. The molecule has 0 aliphatic rings. The van der Waals surface area contributed by atoms with Crippen LogP contribution in [0.3, 0.4) is 0 Å². The maximum Gasteiger partial charge on any atom is 0.234 e. The van der Waals surface area contributed by atoms with Gasteiger partial charge in [0.15, 0.2) is 5.82 Å². The molecule has 3 aromatic rings. The zero-order valence-corrected chi connectivity index (χ0v) is 18.5. The molecular weight excluding hydrogens is 398 g/mol. The van der Waals surface area contributed by atoms with Gasteiger partial charge in [-0.05, 0) is 41.7 Å². The monoisotopic (exact) mass is 425 g/mol. The zero-order valence-electron chi connectivity index (χ0n) is 17.7. The van der Waals surface area contributed by atoms with Gasteiger partial charge in [-0.3, -0.25) is 4.79 Å². The fraction of sp³-hybridized carbons (Fsp3) is 0.318. The second kappa shape index (κ2) is 9.67. The van der Waals surface area contributed by atoms with Crippen molar-refractivity contribution in [2.45, 2.75) is 38.3 Å². The molecule has 0 bridgehead atoms. The molecule has 0 fully saturated rings. The van der Waals surface area contributed by atoms with Crippen molar-refractivity contribution in [1.82, 2.24) is 14.9 Å². The van der Waals surface area contributed by atoms with Gasteiger partial charge in [0.25, 0.3) is 0 Å². The number of carbonyl (C=O) groups excluding carboxylic acids is 1. The van der Waals surface area contributed by atoms with Crippen molar-refractivity contribution >= 4 is 23.4 Å². The van der Waals surface area contributed by atoms with E-state index in [0.717, 1.165) is 28.1 Å². The number of nitrogens with one attached hydrogen (secondary N) is 1. The van der Waals surface area contributed by atoms with Gasteiger partial charge in [-0.1, -0.05) is 55.9 Å². The number of aromatic nitrogens is 3. The number of ether oxygens (including phenoxy) is 1. The number of nitrogens with zero attached hydrogens (tertiary/aromatic N) is 3. The van der Waals surface area contributed by atoms with Crippen LogP contribution in [0.15, 0.2) is 47.6 Å². The van der Waals surface area contributed by atoms with Crippen molar-refractivity contribution < 1.29 is 9.53 Å². The maximum absolute atomic E-state index is 12.5. The number of hydrogen-bond acceptors (Lipinski definition) is 6. The number of hydrogen-bond donors (Lipinski definition) is 2. The first-order valence-corrected chi connectivity index (χ1v) is 10.7. The summed E-state index contributed by atoms with van der Waals surface area (Å²) in [6.45, 7) is 6.22. The van der Waals surface area contributed by atoms with E-state index < -0.39 is 0 Å². The highest BCUT2D eigenvalue weighted by Gasteiger charge is 2.15. The summed E-state index contributed by atoms with van der Waals surface area (Å²) in [6, 6.07) is 13.8. The Labute approximate surface area is 181 Å². The Balaban J connectivity index is 1.62. The van der Waals surface area contributed by atoms with E-state index in [-0.39, 0.29) is 11.7 Å². The molecule has 158 valence electrons.